The Balaban J connectivity index is 2.13. The van der Waals surface area contributed by atoms with Crippen LogP contribution in [0.2, 0.25) is 10.0 Å². The molecule has 0 aliphatic carbocycles. The number of hydrogen-bond donors (Lipinski definition) is 1. The van der Waals surface area contributed by atoms with Crippen LogP contribution in [0, 0.1) is 5.82 Å². The van der Waals surface area contributed by atoms with E-state index in [9.17, 15) is 14.0 Å². The average Bonchev–Trinajstić information content (AvgIpc) is 2.74. The van der Waals surface area contributed by atoms with Crippen LogP contribution in [-0.2, 0) is 21.9 Å². The fraction of sp³-hybridized carbons (Fsp3) is 0.391. The van der Waals surface area contributed by atoms with Crippen molar-refractivity contribution in [2.75, 3.05) is 5.75 Å². The Morgan fingerprint density at radius 2 is 1.77 bits per heavy atom. The molecule has 0 radical (unpaired) electrons. The Labute approximate surface area is 197 Å². The zero-order valence-electron chi connectivity index (χ0n) is 17.8. The summed E-state index contributed by atoms with van der Waals surface area (Å²) in [5.74, 6) is -0.525. The molecule has 0 saturated heterocycles. The van der Waals surface area contributed by atoms with Crippen LogP contribution < -0.4 is 5.32 Å². The molecule has 0 bridgehead atoms. The molecule has 0 spiro atoms. The number of nitrogens with one attached hydrogen (secondary N) is 1. The summed E-state index contributed by atoms with van der Waals surface area (Å²) in [4.78, 5) is 27.3. The second-order valence-corrected chi connectivity index (χ2v) is 9.10. The highest BCUT2D eigenvalue weighted by atomic mass is 35.5. The van der Waals surface area contributed by atoms with Gasteiger partial charge in [-0.2, -0.15) is 0 Å². The van der Waals surface area contributed by atoms with Gasteiger partial charge in [-0.3, -0.25) is 9.59 Å². The number of amides is 2. The predicted molar refractivity (Wildman–Crippen MR) is 127 cm³/mol. The van der Waals surface area contributed by atoms with Crippen LogP contribution in [0.25, 0.3) is 0 Å². The predicted octanol–water partition coefficient (Wildman–Crippen LogP) is 5.70. The van der Waals surface area contributed by atoms with Crippen molar-refractivity contribution in [1.29, 1.82) is 0 Å². The lowest BCUT2D eigenvalue weighted by molar-refractivity contribution is -0.138. The summed E-state index contributed by atoms with van der Waals surface area (Å²) < 4.78 is 14.0. The summed E-state index contributed by atoms with van der Waals surface area (Å²) in [5, 5.41) is 3.78. The number of hydrogen-bond acceptors (Lipinski definition) is 3. The third-order valence-corrected chi connectivity index (χ3v) is 6.67. The first-order valence-corrected chi connectivity index (χ1v) is 12.0. The Morgan fingerprint density at radius 1 is 1.10 bits per heavy atom. The molecular formula is C23H27Cl2FN2O2S. The minimum absolute atomic E-state index is 0.00443. The Bertz CT molecular complexity index is 893. The molecule has 2 amide bonds. The van der Waals surface area contributed by atoms with E-state index in [-0.39, 0.29) is 35.9 Å². The van der Waals surface area contributed by atoms with Gasteiger partial charge in [0.05, 0.1) is 5.75 Å². The number of nitrogens with zero attached hydrogens (tertiary/aromatic N) is 1. The highest BCUT2D eigenvalue weighted by molar-refractivity contribution is 7.99. The van der Waals surface area contributed by atoms with Gasteiger partial charge in [0, 0.05) is 33.9 Å². The fourth-order valence-electron chi connectivity index (χ4n) is 2.85. The van der Waals surface area contributed by atoms with E-state index in [0.717, 1.165) is 12.0 Å². The lowest BCUT2D eigenvalue weighted by Crippen LogP contribution is -2.50. The van der Waals surface area contributed by atoms with Crippen LogP contribution >= 0.6 is 35.0 Å². The van der Waals surface area contributed by atoms with Crippen molar-refractivity contribution in [1.82, 2.24) is 10.2 Å². The molecule has 0 aliphatic rings. The van der Waals surface area contributed by atoms with Crippen LogP contribution in [0.4, 0.5) is 4.39 Å². The molecule has 0 fully saturated rings. The summed E-state index contributed by atoms with van der Waals surface area (Å²) in [6.45, 7) is 5.80. The van der Waals surface area contributed by atoms with Crippen molar-refractivity contribution in [2.24, 2.45) is 0 Å². The summed E-state index contributed by atoms with van der Waals surface area (Å²) in [7, 11) is 0. The number of halogens is 3. The zero-order valence-corrected chi connectivity index (χ0v) is 20.2. The standard InChI is InChI=1S/C23H27Cl2FN2O2S/c1-4-15(2)27-23(30)16(3)28(12-17-8-5-6-9-19(17)24)22(29)14-31-13-18-20(25)10-7-11-21(18)26/h5-11,15-16H,4,12-14H2,1-3H3,(H,27,30)/t15-,16+/m0/s1. The molecule has 168 valence electrons. The number of carbonyl (C=O) groups excluding carboxylic acids is 2. The highest BCUT2D eigenvalue weighted by Crippen LogP contribution is 2.25. The smallest absolute Gasteiger partial charge is 0.242 e. The summed E-state index contributed by atoms with van der Waals surface area (Å²) >= 11 is 13.6. The second kappa shape index (κ2) is 12.3. The third kappa shape index (κ3) is 7.41. The van der Waals surface area contributed by atoms with E-state index in [1.165, 1.54) is 22.7 Å². The van der Waals surface area contributed by atoms with E-state index in [1.807, 2.05) is 32.0 Å². The third-order valence-electron chi connectivity index (χ3n) is 5.00. The van der Waals surface area contributed by atoms with E-state index in [4.69, 9.17) is 23.2 Å². The SMILES string of the molecule is CC[C@H](C)NC(=O)[C@@H](C)N(Cc1ccccc1Cl)C(=O)CSCc1c(F)cccc1Cl. The maximum atomic E-state index is 14.0. The van der Waals surface area contributed by atoms with Gasteiger partial charge in [0.25, 0.3) is 0 Å². The molecule has 1 N–H and O–H groups in total. The molecule has 2 atom stereocenters. The van der Waals surface area contributed by atoms with Gasteiger partial charge in [-0.25, -0.2) is 4.39 Å². The van der Waals surface area contributed by atoms with E-state index < -0.39 is 11.9 Å². The van der Waals surface area contributed by atoms with Crippen LogP contribution in [0.5, 0.6) is 0 Å². The molecule has 0 aliphatic heterocycles. The molecule has 0 heterocycles. The van der Waals surface area contributed by atoms with Gasteiger partial charge < -0.3 is 10.2 Å². The van der Waals surface area contributed by atoms with E-state index in [0.29, 0.717) is 15.6 Å². The largest absolute Gasteiger partial charge is 0.352 e. The van der Waals surface area contributed by atoms with Crippen LogP contribution in [0.15, 0.2) is 42.5 Å². The maximum absolute atomic E-state index is 14.0. The lowest BCUT2D eigenvalue weighted by atomic mass is 10.1. The fourth-order valence-corrected chi connectivity index (χ4v) is 4.30. The van der Waals surface area contributed by atoms with Crippen LogP contribution in [0.3, 0.4) is 0 Å². The van der Waals surface area contributed by atoms with E-state index >= 15 is 0 Å². The molecule has 8 heteroatoms. The Kier molecular flexibility index (Phi) is 10.1. The first-order valence-electron chi connectivity index (χ1n) is 10.1. The van der Waals surface area contributed by atoms with Gasteiger partial charge in [-0.15, -0.1) is 11.8 Å². The summed E-state index contributed by atoms with van der Waals surface area (Å²) in [6.07, 6.45) is 0.788. The van der Waals surface area contributed by atoms with Crippen molar-refractivity contribution in [3.63, 3.8) is 0 Å². The van der Waals surface area contributed by atoms with E-state index in [1.54, 1.807) is 25.1 Å². The zero-order chi connectivity index (χ0) is 23.0. The lowest BCUT2D eigenvalue weighted by Gasteiger charge is -2.30. The molecule has 31 heavy (non-hydrogen) atoms. The quantitative estimate of drug-likeness (QED) is 0.470. The summed E-state index contributed by atoms with van der Waals surface area (Å²) in [5.41, 5.74) is 1.12. The van der Waals surface area contributed by atoms with Gasteiger partial charge in [0.15, 0.2) is 0 Å². The molecule has 2 rings (SSSR count). The molecular weight excluding hydrogens is 458 g/mol. The molecule has 4 nitrogen and oxygen atoms in total. The Morgan fingerprint density at radius 3 is 2.42 bits per heavy atom. The number of rotatable bonds is 10. The first kappa shape index (κ1) is 25.5. The van der Waals surface area contributed by atoms with Crippen molar-refractivity contribution >= 4 is 46.8 Å². The number of carbonyl (C=O) groups is 2. The van der Waals surface area contributed by atoms with Gasteiger partial charge in [-0.1, -0.05) is 54.4 Å². The van der Waals surface area contributed by atoms with Crippen molar-refractivity contribution < 1.29 is 14.0 Å². The minimum Gasteiger partial charge on any atom is -0.352 e. The van der Waals surface area contributed by atoms with Gasteiger partial charge in [0.1, 0.15) is 11.9 Å². The van der Waals surface area contributed by atoms with Crippen molar-refractivity contribution in [3.05, 3.63) is 69.5 Å². The monoisotopic (exact) mass is 484 g/mol. The average molecular weight is 485 g/mol. The molecule has 2 aromatic rings. The Hall–Kier alpha value is -1.76. The van der Waals surface area contributed by atoms with Gasteiger partial charge >= 0.3 is 0 Å². The van der Waals surface area contributed by atoms with Gasteiger partial charge in [-0.05, 0) is 44.0 Å². The minimum atomic E-state index is -0.685. The van der Waals surface area contributed by atoms with Crippen LogP contribution in [0.1, 0.15) is 38.3 Å². The summed E-state index contributed by atoms with van der Waals surface area (Å²) in [6, 6.07) is 11.0. The number of benzene rings is 2. The van der Waals surface area contributed by atoms with Crippen molar-refractivity contribution in [3.8, 4) is 0 Å². The van der Waals surface area contributed by atoms with Crippen LogP contribution in [-0.4, -0.2) is 34.6 Å². The first-order chi connectivity index (χ1) is 14.7. The molecule has 0 unspecified atom stereocenters. The molecule has 0 saturated carbocycles. The van der Waals surface area contributed by atoms with Crippen molar-refractivity contribution in [2.45, 2.75) is 51.6 Å². The number of thioether (sulfide) groups is 1. The maximum Gasteiger partial charge on any atom is 0.242 e. The topological polar surface area (TPSA) is 49.4 Å². The van der Waals surface area contributed by atoms with Gasteiger partial charge in [0.2, 0.25) is 11.8 Å². The normalized spacial score (nSPS) is 12.8. The molecule has 0 aromatic heterocycles. The second-order valence-electron chi connectivity index (χ2n) is 7.30. The molecule has 2 aromatic carbocycles. The highest BCUT2D eigenvalue weighted by Gasteiger charge is 2.27. The van der Waals surface area contributed by atoms with E-state index in [2.05, 4.69) is 5.32 Å².